The van der Waals surface area contributed by atoms with Crippen LogP contribution in [0.3, 0.4) is 0 Å². The van der Waals surface area contributed by atoms with Crippen molar-refractivity contribution in [3.63, 3.8) is 0 Å². The van der Waals surface area contributed by atoms with Gasteiger partial charge in [0.15, 0.2) is 0 Å². The van der Waals surface area contributed by atoms with E-state index < -0.39 is 0 Å². The zero-order chi connectivity index (χ0) is 12.0. The summed E-state index contributed by atoms with van der Waals surface area (Å²) in [5, 5.41) is 0. The Morgan fingerprint density at radius 1 is 1.31 bits per heavy atom. The molecule has 0 radical (unpaired) electrons. The van der Waals surface area contributed by atoms with Crippen molar-refractivity contribution in [1.29, 1.82) is 0 Å². The highest BCUT2D eigenvalue weighted by Crippen LogP contribution is 2.27. The Morgan fingerprint density at radius 3 is 2.31 bits per heavy atom. The van der Waals surface area contributed by atoms with E-state index in [1.54, 1.807) is 0 Å². The standard InChI is InChI=1S/C13H26N2O/c1-3-12(4-2)15(10-9-14)13(16)11-7-5-6-8-11/h11-12H,3-10,14H2,1-2H3. The first-order valence-corrected chi connectivity index (χ1v) is 6.75. The molecule has 0 spiro atoms. The number of hydrogen-bond donors (Lipinski definition) is 1. The molecule has 3 nitrogen and oxygen atoms in total. The second-order valence-corrected chi connectivity index (χ2v) is 4.77. The van der Waals surface area contributed by atoms with Gasteiger partial charge in [-0.3, -0.25) is 4.79 Å². The van der Waals surface area contributed by atoms with Gasteiger partial charge in [0.1, 0.15) is 0 Å². The van der Waals surface area contributed by atoms with E-state index in [2.05, 4.69) is 13.8 Å². The number of nitrogens with zero attached hydrogens (tertiary/aromatic N) is 1. The predicted octanol–water partition coefficient (Wildman–Crippen LogP) is 2.15. The minimum Gasteiger partial charge on any atom is -0.338 e. The van der Waals surface area contributed by atoms with Gasteiger partial charge in [0.05, 0.1) is 0 Å². The van der Waals surface area contributed by atoms with Gasteiger partial charge in [-0.2, -0.15) is 0 Å². The maximum absolute atomic E-state index is 12.4. The van der Waals surface area contributed by atoms with Crippen LogP contribution in [-0.4, -0.2) is 29.9 Å². The van der Waals surface area contributed by atoms with E-state index in [1.165, 1.54) is 12.8 Å². The van der Waals surface area contributed by atoms with E-state index in [-0.39, 0.29) is 5.92 Å². The minimum absolute atomic E-state index is 0.284. The fourth-order valence-electron chi connectivity index (χ4n) is 2.75. The highest BCUT2D eigenvalue weighted by Gasteiger charge is 2.29. The molecule has 3 heteroatoms. The van der Waals surface area contributed by atoms with Crippen LogP contribution in [0.1, 0.15) is 52.4 Å². The smallest absolute Gasteiger partial charge is 0.225 e. The van der Waals surface area contributed by atoms with Gasteiger partial charge in [0.2, 0.25) is 5.91 Å². The summed E-state index contributed by atoms with van der Waals surface area (Å²) in [6, 6.07) is 0.386. The van der Waals surface area contributed by atoms with E-state index in [4.69, 9.17) is 5.73 Å². The summed E-state index contributed by atoms with van der Waals surface area (Å²) in [5.74, 6) is 0.642. The zero-order valence-corrected chi connectivity index (χ0v) is 10.7. The van der Waals surface area contributed by atoms with Crippen LogP contribution in [0.25, 0.3) is 0 Å². The number of carbonyl (C=O) groups excluding carboxylic acids is 1. The third kappa shape index (κ3) is 3.21. The van der Waals surface area contributed by atoms with Crippen molar-refractivity contribution in [2.45, 2.75) is 58.4 Å². The molecule has 1 saturated carbocycles. The molecule has 0 bridgehead atoms. The number of carbonyl (C=O) groups is 1. The van der Waals surface area contributed by atoms with Crippen LogP contribution in [0.15, 0.2) is 0 Å². The number of hydrogen-bond acceptors (Lipinski definition) is 2. The van der Waals surface area contributed by atoms with Crippen molar-refractivity contribution < 1.29 is 4.79 Å². The van der Waals surface area contributed by atoms with Crippen LogP contribution in [0.4, 0.5) is 0 Å². The summed E-state index contributed by atoms with van der Waals surface area (Å²) < 4.78 is 0. The Balaban J connectivity index is 2.63. The van der Waals surface area contributed by atoms with Crippen molar-refractivity contribution in [3.05, 3.63) is 0 Å². The molecule has 1 rings (SSSR count). The quantitative estimate of drug-likeness (QED) is 0.754. The van der Waals surface area contributed by atoms with Gasteiger partial charge in [0.25, 0.3) is 0 Å². The van der Waals surface area contributed by atoms with E-state index in [9.17, 15) is 4.79 Å². The Kier molecular flexibility index (Phi) is 5.81. The van der Waals surface area contributed by atoms with Gasteiger partial charge in [0, 0.05) is 25.0 Å². The van der Waals surface area contributed by atoms with Crippen LogP contribution >= 0.6 is 0 Å². The highest BCUT2D eigenvalue weighted by molar-refractivity contribution is 5.79. The Labute approximate surface area is 99.4 Å². The van der Waals surface area contributed by atoms with Crippen molar-refractivity contribution in [3.8, 4) is 0 Å². The molecule has 0 aromatic rings. The Bertz CT molecular complexity index is 208. The largest absolute Gasteiger partial charge is 0.338 e. The van der Waals surface area contributed by atoms with Gasteiger partial charge in [-0.1, -0.05) is 26.7 Å². The maximum atomic E-state index is 12.4. The lowest BCUT2D eigenvalue weighted by Crippen LogP contribution is -2.45. The van der Waals surface area contributed by atoms with Crippen molar-refractivity contribution in [1.82, 2.24) is 4.90 Å². The third-order valence-electron chi connectivity index (χ3n) is 3.74. The van der Waals surface area contributed by atoms with Crippen molar-refractivity contribution in [2.75, 3.05) is 13.1 Å². The monoisotopic (exact) mass is 226 g/mol. The lowest BCUT2D eigenvalue weighted by atomic mass is 10.0. The number of nitrogens with two attached hydrogens (primary N) is 1. The zero-order valence-electron chi connectivity index (χ0n) is 10.7. The fraction of sp³-hybridized carbons (Fsp3) is 0.923. The molecule has 1 fully saturated rings. The topological polar surface area (TPSA) is 46.3 Å². The second kappa shape index (κ2) is 6.89. The molecule has 0 saturated heterocycles. The summed E-state index contributed by atoms with van der Waals surface area (Å²) in [6.07, 6.45) is 6.68. The first-order valence-electron chi connectivity index (χ1n) is 6.75. The average molecular weight is 226 g/mol. The summed E-state index contributed by atoms with van der Waals surface area (Å²) in [4.78, 5) is 14.4. The Morgan fingerprint density at radius 2 is 1.88 bits per heavy atom. The SMILES string of the molecule is CCC(CC)N(CCN)C(=O)C1CCCC1. The van der Waals surface area contributed by atoms with Gasteiger partial charge in [-0.25, -0.2) is 0 Å². The molecule has 0 aromatic carbocycles. The van der Waals surface area contributed by atoms with Crippen LogP contribution in [0.5, 0.6) is 0 Å². The minimum atomic E-state index is 0.284. The molecule has 0 heterocycles. The molecule has 94 valence electrons. The van der Waals surface area contributed by atoms with Gasteiger partial charge in [-0.05, 0) is 25.7 Å². The first-order chi connectivity index (χ1) is 7.74. The lowest BCUT2D eigenvalue weighted by molar-refractivity contribution is -0.137. The summed E-state index contributed by atoms with van der Waals surface area (Å²) in [6.45, 7) is 5.61. The molecule has 16 heavy (non-hydrogen) atoms. The summed E-state index contributed by atoms with van der Waals surface area (Å²) in [7, 11) is 0. The van der Waals surface area contributed by atoms with E-state index in [0.29, 0.717) is 18.5 Å². The van der Waals surface area contributed by atoms with Gasteiger partial charge < -0.3 is 10.6 Å². The summed E-state index contributed by atoms with van der Waals surface area (Å²) in [5.41, 5.74) is 5.62. The van der Waals surface area contributed by atoms with Gasteiger partial charge >= 0.3 is 0 Å². The molecule has 0 aromatic heterocycles. The molecule has 2 N–H and O–H groups in total. The van der Waals surface area contributed by atoms with Crippen LogP contribution < -0.4 is 5.73 Å². The Hall–Kier alpha value is -0.570. The lowest BCUT2D eigenvalue weighted by Gasteiger charge is -2.32. The second-order valence-electron chi connectivity index (χ2n) is 4.77. The van der Waals surface area contributed by atoms with Crippen LogP contribution in [-0.2, 0) is 4.79 Å². The van der Waals surface area contributed by atoms with Gasteiger partial charge in [-0.15, -0.1) is 0 Å². The molecular weight excluding hydrogens is 200 g/mol. The van der Waals surface area contributed by atoms with Crippen LogP contribution in [0, 0.1) is 5.92 Å². The molecule has 1 aliphatic rings. The molecule has 0 unspecified atom stereocenters. The third-order valence-corrected chi connectivity index (χ3v) is 3.74. The number of rotatable bonds is 6. The van der Waals surface area contributed by atoms with Crippen molar-refractivity contribution >= 4 is 5.91 Å². The number of amides is 1. The molecule has 1 aliphatic carbocycles. The van der Waals surface area contributed by atoms with Crippen molar-refractivity contribution in [2.24, 2.45) is 11.7 Å². The summed E-state index contributed by atoms with van der Waals surface area (Å²) >= 11 is 0. The van der Waals surface area contributed by atoms with E-state index in [1.807, 2.05) is 4.90 Å². The molecule has 0 aliphatic heterocycles. The first kappa shape index (κ1) is 13.5. The highest BCUT2D eigenvalue weighted by atomic mass is 16.2. The molecule has 1 amide bonds. The molecule has 0 atom stereocenters. The average Bonchev–Trinajstić information content (AvgIpc) is 2.82. The van der Waals surface area contributed by atoms with Crippen LogP contribution in [0.2, 0.25) is 0 Å². The predicted molar refractivity (Wildman–Crippen MR) is 67.1 cm³/mol. The normalized spacial score (nSPS) is 17.0. The fourth-order valence-corrected chi connectivity index (χ4v) is 2.75. The molecular formula is C13H26N2O. The van der Waals surface area contributed by atoms with E-state index >= 15 is 0 Å². The van der Waals surface area contributed by atoms with E-state index in [0.717, 1.165) is 32.2 Å². The maximum Gasteiger partial charge on any atom is 0.225 e.